The Kier molecular flexibility index (Phi) is 5.60. The normalized spacial score (nSPS) is 14.8. The van der Waals surface area contributed by atoms with E-state index in [0.717, 1.165) is 31.6 Å². The van der Waals surface area contributed by atoms with Crippen molar-refractivity contribution in [2.75, 3.05) is 18.4 Å². The molecule has 0 aromatic heterocycles. The minimum Gasteiger partial charge on any atom is -0.349 e. The summed E-state index contributed by atoms with van der Waals surface area (Å²) in [6.45, 7) is 1.54. The number of likely N-dealkylation sites (tertiary alicyclic amines) is 1. The van der Waals surface area contributed by atoms with Crippen LogP contribution in [-0.4, -0.2) is 35.1 Å². The van der Waals surface area contributed by atoms with Crippen molar-refractivity contribution in [3.05, 3.63) is 66.0 Å². The minimum atomic E-state index is -0.272. The maximum Gasteiger partial charge on any atom is 0.251 e. The van der Waals surface area contributed by atoms with Crippen molar-refractivity contribution in [1.82, 2.24) is 10.2 Å². The molecule has 0 unspecified atom stereocenters. The van der Waals surface area contributed by atoms with E-state index in [1.54, 1.807) is 12.1 Å². The van der Waals surface area contributed by atoms with Crippen LogP contribution < -0.4 is 10.6 Å². The zero-order valence-corrected chi connectivity index (χ0v) is 14.6. The van der Waals surface area contributed by atoms with Gasteiger partial charge in [0, 0.05) is 30.4 Å². The lowest BCUT2D eigenvalue weighted by molar-refractivity contribution is 0.0922. The molecular formula is C19H20FN3OS. The van der Waals surface area contributed by atoms with Crippen molar-refractivity contribution in [1.29, 1.82) is 0 Å². The molecule has 25 heavy (non-hydrogen) atoms. The fourth-order valence-electron chi connectivity index (χ4n) is 2.82. The summed E-state index contributed by atoms with van der Waals surface area (Å²) in [6, 6.07) is 15.5. The molecule has 1 heterocycles. The van der Waals surface area contributed by atoms with Gasteiger partial charge in [-0.25, -0.2) is 4.39 Å². The highest BCUT2D eigenvalue weighted by Gasteiger charge is 2.22. The summed E-state index contributed by atoms with van der Waals surface area (Å²) in [5.41, 5.74) is 1.45. The molecule has 0 aliphatic carbocycles. The van der Waals surface area contributed by atoms with Crippen LogP contribution in [0.1, 0.15) is 23.2 Å². The molecule has 1 aliphatic heterocycles. The summed E-state index contributed by atoms with van der Waals surface area (Å²) in [4.78, 5) is 14.3. The Hall–Kier alpha value is -2.47. The third-order valence-electron chi connectivity index (χ3n) is 4.25. The third kappa shape index (κ3) is 4.76. The number of amides is 1. The number of thiocarbonyl (C=S) groups is 1. The molecule has 1 saturated heterocycles. The first-order valence-electron chi connectivity index (χ1n) is 8.29. The molecule has 1 amide bonds. The smallest absolute Gasteiger partial charge is 0.251 e. The first-order valence-corrected chi connectivity index (χ1v) is 8.70. The summed E-state index contributed by atoms with van der Waals surface area (Å²) in [5.74, 6) is -0.308. The summed E-state index contributed by atoms with van der Waals surface area (Å²) in [6.07, 6.45) is 1.67. The monoisotopic (exact) mass is 357 g/mol. The molecule has 2 aromatic carbocycles. The molecule has 0 spiro atoms. The number of halogens is 1. The molecule has 130 valence electrons. The third-order valence-corrected chi connectivity index (χ3v) is 4.61. The van der Waals surface area contributed by atoms with Crippen molar-refractivity contribution in [3.8, 4) is 0 Å². The fraction of sp³-hybridized carbons (Fsp3) is 0.263. The van der Waals surface area contributed by atoms with Gasteiger partial charge in [0.2, 0.25) is 0 Å². The number of carbonyl (C=O) groups is 1. The molecule has 2 N–H and O–H groups in total. The van der Waals surface area contributed by atoms with Crippen LogP contribution in [0.4, 0.5) is 10.1 Å². The number of carbonyl (C=O) groups excluding carboxylic acids is 1. The number of anilines is 1. The highest BCUT2D eigenvalue weighted by Crippen LogP contribution is 2.15. The molecule has 6 heteroatoms. The maximum absolute atomic E-state index is 12.9. The molecule has 0 bridgehead atoms. The fourth-order valence-corrected chi connectivity index (χ4v) is 3.12. The first-order chi connectivity index (χ1) is 12.1. The van der Waals surface area contributed by atoms with Crippen molar-refractivity contribution in [3.63, 3.8) is 0 Å². The number of nitrogens with zero attached hydrogens (tertiary/aromatic N) is 1. The average Bonchev–Trinajstić information content (AvgIpc) is 2.65. The lowest BCUT2D eigenvalue weighted by Crippen LogP contribution is -2.47. The Bertz CT molecular complexity index is 728. The molecule has 0 saturated carbocycles. The van der Waals surface area contributed by atoms with E-state index in [2.05, 4.69) is 15.5 Å². The van der Waals surface area contributed by atoms with E-state index < -0.39 is 0 Å². The second kappa shape index (κ2) is 8.07. The van der Waals surface area contributed by atoms with Gasteiger partial charge < -0.3 is 15.5 Å². The Morgan fingerprint density at radius 1 is 1.04 bits per heavy atom. The highest BCUT2D eigenvalue weighted by atomic mass is 32.1. The lowest BCUT2D eigenvalue weighted by atomic mass is 10.0. The molecule has 4 nitrogen and oxygen atoms in total. The number of hydrogen-bond donors (Lipinski definition) is 2. The Labute approximate surface area is 152 Å². The van der Waals surface area contributed by atoms with Gasteiger partial charge >= 0.3 is 0 Å². The van der Waals surface area contributed by atoms with Gasteiger partial charge in [0.15, 0.2) is 5.11 Å². The van der Waals surface area contributed by atoms with Gasteiger partial charge in [0.05, 0.1) is 0 Å². The van der Waals surface area contributed by atoms with Crippen molar-refractivity contribution >= 4 is 28.9 Å². The van der Waals surface area contributed by atoms with Gasteiger partial charge in [-0.15, -0.1) is 0 Å². The highest BCUT2D eigenvalue weighted by molar-refractivity contribution is 7.80. The van der Waals surface area contributed by atoms with E-state index in [1.807, 2.05) is 30.3 Å². The molecule has 0 radical (unpaired) electrons. The quantitative estimate of drug-likeness (QED) is 0.827. The van der Waals surface area contributed by atoms with Crippen LogP contribution in [0.3, 0.4) is 0 Å². The number of rotatable bonds is 3. The molecule has 0 atom stereocenters. The Morgan fingerprint density at radius 3 is 2.32 bits per heavy atom. The SMILES string of the molecule is O=C(NC1CCN(C(=S)Nc2ccc(F)cc2)CC1)c1ccccc1. The van der Waals surface area contributed by atoms with Crippen LogP contribution in [0, 0.1) is 5.82 Å². The second-order valence-electron chi connectivity index (χ2n) is 6.04. The van der Waals surface area contributed by atoms with Crippen molar-refractivity contribution < 1.29 is 9.18 Å². The lowest BCUT2D eigenvalue weighted by Gasteiger charge is -2.34. The van der Waals surface area contributed by atoms with Crippen molar-refractivity contribution in [2.45, 2.75) is 18.9 Å². The second-order valence-corrected chi connectivity index (χ2v) is 6.42. The van der Waals surface area contributed by atoms with E-state index in [1.165, 1.54) is 12.1 Å². The van der Waals surface area contributed by atoms with Crippen LogP contribution >= 0.6 is 12.2 Å². The predicted octanol–water partition coefficient (Wildman–Crippen LogP) is 3.42. The van der Waals surface area contributed by atoms with E-state index in [-0.39, 0.29) is 17.8 Å². The van der Waals surface area contributed by atoms with E-state index >= 15 is 0 Å². The standard InChI is InChI=1S/C19H20FN3OS/c20-15-6-8-16(9-7-15)22-19(25)23-12-10-17(11-13-23)21-18(24)14-4-2-1-3-5-14/h1-9,17H,10-13H2,(H,21,24)(H,22,25). The van der Waals surface area contributed by atoms with Gasteiger partial charge in [0.25, 0.3) is 5.91 Å². The molecule has 1 aliphatic rings. The number of nitrogens with one attached hydrogen (secondary N) is 2. The van der Waals surface area contributed by atoms with Gasteiger partial charge in [-0.05, 0) is 61.5 Å². The molecule has 1 fully saturated rings. The van der Waals surface area contributed by atoms with E-state index in [4.69, 9.17) is 12.2 Å². The van der Waals surface area contributed by atoms with Crippen LogP contribution in [0.15, 0.2) is 54.6 Å². The Balaban J connectivity index is 1.47. The van der Waals surface area contributed by atoms with Gasteiger partial charge in [0.1, 0.15) is 5.82 Å². The van der Waals surface area contributed by atoms with Crippen LogP contribution in [-0.2, 0) is 0 Å². The van der Waals surface area contributed by atoms with Gasteiger partial charge in [-0.1, -0.05) is 18.2 Å². The Morgan fingerprint density at radius 2 is 1.68 bits per heavy atom. The molecule has 3 rings (SSSR count). The van der Waals surface area contributed by atoms with Gasteiger partial charge in [-0.3, -0.25) is 4.79 Å². The van der Waals surface area contributed by atoms with Crippen LogP contribution in [0.2, 0.25) is 0 Å². The predicted molar refractivity (Wildman–Crippen MR) is 101 cm³/mol. The average molecular weight is 357 g/mol. The van der Waals surface area contributed by atoms with Gasteiger partial charge in [-0.2, -0.15) is 0 Å². The number of benzene rings is 2. The number of piperidine rings is 1. The maximum atomic E-state index is 12.9. The number of hydrogen-bond acceptors (Lipinski definition) is 2. The summed E-state index contributed by atoms with van der Waals surface area (Å²) in [7, 11) is 0. The van der Waals surface area contributed by atoms with E-state index in [9.17, 15) is 9.18 Å². The first kappa shape index (κ1) is 17.4. The largest absolute Gasteiger partial charge is 0.349 e. The molecular weight excluding hydrogens is 337 g/mol. The summed E-state index contributed by atoms with van der Waals surface area (Å²) in [5, 5.41) is 6.83. The van der Waals surface area contributed by atoms with Crippen LogP contribution in [0.5, 0.6) is 0 Å². The van der Waals surface area contributed by atoms with Crippen LogP contribution in [0.25, 0.3) is 0 Å². The topological polar surface area (TPSA) is 44.4 Å². The molecule has 2 aromatic rings. The van der Waals surface area contributed by atoms with E-state index in [0.29, 0.717) is 10.7 Å². The van der Waals surface area contributed by atoms with Crippen molar-refractivity contribution in [2.24, 2.45) is 0 Å². The zero-order chi connectivity index (χ0) is 17.6. The zero-order valence-electron chi connectivity index (χ0n) is 13.7. The summed E-state index contributed by atoms with van der Waals surface area (Å²) < 4.78 is 12.9. The summed E-state index contributed by atoms with van der Waals surface area (Å²) >= 11 is 5.43. The minimum absolute atomic E-state index is 0.0361.